The van der Waals surface area contributed by atoms with Crippen molar-refractivity contribution in [3.05, 3.63) is 0 Å². The Labute approximate surface area is 112 Å². The zero-order valence-corrected chi connectivity index (χ0v) is 11.8. The van der Waals surface area contributed by atoms with E-state index in [9.17, 15) is 14.4 Å². The maximum atomic E-state index is 11.4. The molecule has 7 nitrogen and oxygen atoms in total. The van der Waals surface area contributed by atoms with Gasteiger partial charge in [-0.2, -0.15) is 0 Å². The first-order valence-electron chi connectivity index (χ1n) is 6.14. The number of hydrogen-bond acceptors (Lipinski definition) is 4. The molecule has 0 saturated heterocycles. The van der Waals surface area contributed by atoms with Crippen LogP contribution in [0.25, 0.3) is 0 Å². The Morgan fingerprint density at radius 1 is 1.26 bits per heavy atom. The number of amides is 2. The quantitative estimate of drug-likeness (QED) is 0.667. The Morgan fingerprint density at radius 2 is 1.84 bits per heavy atom. The van der Waals surface area contributed by atoms with Crippen LogP contribution >= 0.6 is 0 Å². The highest BCUT2D eigenvalue weighted by Crippen LogP contribution is 2.07. The second-order valence-electron chi connectivity index (χ2n) is 5.03. The summed E-state index contributed by atoms with van der Waals surface area (Å²) in [4.78, 5) is 33.7. The largest absolute Gasteiger partial charge is 0.480 e. The molecular weight excluding hydrogens is 252 g/mol. The number of nitrogens with one attached hydrogen (secondary N) is 2. The molecule has 0 rings (SSSR count). The summed E-state index contributed by atoms with van der Waals surface area (Å²) in [7, 11) is 0. The van der Waals surface area contributed by atoms with Crippen molar-refractivity contribution in [2.75, 3.05) is 6.54 Å². The van der Waals surface area contributed by atoms with Crippen LogP contribution in [-0.2, 0) is 14.3 Å². The lowest BCUT2D eigenvalue weighted by molar-refractivity contribution is -0.139. The minimum absolute atomic E-state index is 0.0143. The smallest absolute Gasteiger partial charge is 0.408 e. The van der Waals surface area contributed by atoms with Gasteiger partial charge in [-0.15, -0.1) is 0 Å². The van der Waals surface area contributed by atoms with Crippen LogP contribution in [0.3, 0.4) is 0 Å². The summed E-state index contributed by atoms with van der Waals surface area (Å²) in [5.74, 6) is -1.45. The highest BCUT2D eigenvalue weighted by molar-refractivity contribution is 5.81. The SMILES string of the molecule is CCNC(=O)CC[C@@H](NC(=O)OC(C)(C)C)C(=O)O. The van der Waals surface area contributed by atoms with Gasteiger partial charge in [0.2, 0.25) is 5.91 Å². The Balaban J connectivity index is 4.31. The molecule has 0 saturated carbocycles. The average Bonchev–Trinajstić information content (AvgIpc) is 2.21. The first-order valence-corrected chi connectivity index (χ1v) is 6.14. The fourth-order valence-electron chi connectivity index (χ4n) is 1.27. The molecule has 0 heterocycles. The summed E-state index contributed by atoms with van der Waals surface area (Å²) < 4.78 is 4.96. The number of rotatable bonds is 6. The molecule has 0 aliphatic heterocycles. The van der Waals surface area contributed by atoms with Crippen LogP contribution in [-0.4, -0.2) is 41.3 Å². The van der Waals surface area contributed by atoms with Crippen molar-refractivity contribution in [3.63, 3.8) is 0 Å². The van der Waals surface area contributed by atoms with Gasteiger partial charge in [-0.05, 0) is 34.1 Å². The van der Waals surface area contributed by atoms with Crippen LogP contribution in [0.4, 0.5) is 4.79 Å². The topological polar surface area (TPSA) is 105 Å². The molecule has 3 N–H and O–H groups in total. The normalized spacial score (nSPS) is 12.4. The van der Waals surface area contributed by atoms with E-state index in [1.165, 1.54) is 0 Å². The van der Waals surface area contributed by atoms with E-state index in [4.69, 9.17) is 9.84 Å². The van der Waals surface area contributed by atoms with Crippen LogP contribution in [0.1, 0.15) is 40.5 Å². The Morgan fingerprint density at radius 3 is 2.26 bits per heavy atom. The Kier molecular flexibility index (Phi) is 6.89. The van der Waals surface area contributed by atoms with Gasteiger partial charge in [-0.3, -0.25) is 4.79 Å². The zero-order valence-electron chi connectivity index (χ0n) is 11.8. The number of carbonyl (C=O) groups is 3. The molecule has 19 heavy (non-hydrogen) atoms. The van der Waals surface area contributed by atoms with Gasteiger partial charge in [0.05, 0.1) is 0 Å². The molecule has 0 fully saturated rings. The summed E-state index contributed by atoms with van der Waals surface area (Å²) in [6.45, 7) is 7.28. The summed E-state index contributed by atoms with van der Waals surface area (Å²) in [5, 5.41) is 13.7. The third kappa shape index (κ3) is 8.87. The molecule has 0 aromatic heterocycles. The molecule has 0 aliphatic carbocycles. The number of aliphatic carboxylic acids is 1. The van der Waals surface area contributed by atoms with Crippen LogP contribution in [0.15, 0.2) is 0 Å². The third-order valence-electron chi connectivity index (χ3n) is 2.02. The molecule has 0 aliphatic rings. The lowest BCUT2D eigenvalue weighted by Gasteiger charge is -2.21. The fraction of sp³-hybridized carbons (Fsp3) is 0.750. The van der Waals surface area contributed by atoms with Crippen LogP contribution in [0.5, 0.6) is 0 Å². The molecule has 110 valence electrons. The molecule has 0 aromatic rings. The van der Waals surface area contributed by atoms with Crippen molar-refractivity contribution in [3.8, 4) is 0 Å². The van der Waals surface area contributed by atoms with E-state index in [2.05, 4.69) is 10.6 Å². The average molecular weight is 274 g/mol. The number of carboxylic acids is 1. The van der Waals surface area contributed by atoms with Gasteiger partial charge in [0.15, 0.2) is 0 Å². The van der Waals surface area contributed by atoms with Gasteiger partial charge in [-0.25, -0.2) is 9.59 Å². The minimum atomic E-state index is -1.20. The van der Waals surface area contributed by atoms with E-state index in [1.54, 1.807) is 27.7 Å². The molecule has 0 aromatic carbocycles. The zero-order chi connectivity index (χ0) is 15.1. The predicted molar refractivity (Wildman–Crippen MR) is 68.7 cm³/mol. The van der Waals surface area contributed by atoms with Crippen molar-refractivity contribution in [1.82, 2.24) is 10.6 Å². The highest BCUT2D eigenvalue weighted by atomic mass is 16.6. The second-order valence-corrected chi connectivity index (χ2v) is 5.03. The monoisotopic (exact) mass is 274 g/mol. The lowest BCUT2D eigenvalue weighted by Crippen LogP contribution is -2.44. The van der Waals surface area contributed by atoms with Gasteiger partial charge in [0.1, 0.15) is 11.6 Å². The van der Waals surface area contributed by atoms with Crippen molar-refractivity contribution in [2.24, 2.45) is 0 Å². The second kappa shape index (κ2) is 7.60. The van der Waals surface area contributed by atoms with Crippen molar-refractivity contribution >= 4 is 18.0 Å². The number of alkyl carbamates (subject to hydrolysis) is 1. The molecule has 7 heteroatoms. The maximum absolute atomic E-state index is 11.4. The summed E-state index contributed by atoms with van der Waals surface area (Å²) >= 11 is 0. The standard InChI is InChI=1S/C12H22N2O5/c1-5-13-9(15)7-6-8(10(16)17)14-11(18)19-12(2,3)4/h8H,5-7H2,1-4H3,(H,13,15)(H,14,18)(H,16,17)/t8-/m1/s1. The molecule has 0 spiro atoms. The van der Waals surface area contributed by atoms with Crippen molar-refractivity contribution in [2.45, 2.75) is 52.2 Å². The number of carbonyl (C=O) groups excluding carboxylic acids is 2. The molecular formula is C12H22N2O5. The van der Waals surface area contributed by atoms with E-state index in [0.717, 1.165) is 0 Å². The van der Waals surface area contributed by atoms with Crippen molar-refractivity contribution < 1.29 is 24.2 Å². The van der Waals surface area contributed by atoms with E-state index >= 15 is 0 Å². The minimum Gasteiger partial charge on any atom is -0.480 e. The first-order chi connectivity index (χ1) is 8.65. The first kappa shape index (κ1) is 17.2. The number of carboxylic acid groups (broad SMARTS) is 1. The van der Waals surface area contributed by atoms with Crippen LogP contribution in [0.2, 0.25) is 0 Å². The van der Waals surface area contributed by atoms with Crippen molar-refractivity contribution in [1.29, 1.82) is 0 Å². The Bertz CT molecular complexity index is 336. The van der Waals surface area contributed by atoms with Gasteiger partial charge in [0.25, 0.3) is 0 Å². The van der Waals surface area contributed by atoms with E-state index in [1.807, 2.05) is 0 Å². The summed E-state index contributed by atoms with van der Waals surface area (Å²) in [6, 6.07) is -1.14. The summed E-state index contributed by atoms with van der Waals surface area (Å²) in [6.07, 6.45) is -0.767. The molecule has 0 unspecified atom stereocenters. The van der Waals surface area contributed by atoms with Gasteiger partial charge in [-0.1, -0.05) is 0 Å². The maximum Gasteiger partial charge on any atom is 0.408 e. The molecule has 0 bridgehead atoms. The predicted octanol–water partition coefficient (Wildman–Crippen LogP) is 0.881. The van der Waals surface area contributed by atoms with Gasteiger partial charge in [0, 0.05) is 13.0 Å². The van der Waals surface area contributed by atoms with Gasteiger partial charge >= 0.3 is 12.1 Å². The van der Waals surface area contributed by atoms with E-state index in [-0.39, 0.29) is 18.7 Å². The Hall–Kier alpha value is -1.79. The molecule has 0 radical (unpaired) electrons. The molecule has 1 atom stereocenters. The lowest BCUT2D eigenvalue weighted by atomic mass is 10.1. The highest BCUT2D eigenvalue weighted by Gasteiger charge is 2.24. The third-order valence-corrected chi connectivity index (χ3v) is 2.02. The molecule has 2 amide bonds. The summed E-state index contributed by atoms with van der Waals surface area (Å²) in [5.41, 5.74) is -0.702. The number of hydrogen-bond donors (Lipinski definition) is 3. The van der Waals surface area contributed by atoms with E-state index in [0.29, 0.717) is 6.54 Å². The van der Waals surface area contributed by atoms with E-state index < -0.39 is 23.7 Å². The van der Waals surface area contributed by atoms with Crippen LogP contribution in [0, 0.1) is 0 Å². The van der Waals surface area contributed by atoms with Gasteiger partial charge < -0.3 is 20.5 Å². The number of ether oxygens (including phenoxy) is 1. The van der Waals surface area contributed by atoms with Crippen LogP contribution < -0.4 is 10.6 Å². The fourth-order valence-corrected chi connectivity index (χ4v) is 1.27.